The summed E-state index contributed by atoms with van der Waals surface area (Å²) in [5.41, 5.74) is 9.20. The number of halogens is 1. The van der Waals surface area contributed by atoms with E-state index in [4.69, 9.17) is 17.3 Å². The highest BCUT2D eigenvalue weighted by Crippen LogP contribution is 2.33. The maximum atomic E-state index is 6.39. The smallest absolute Gasteiger partial charge is 0.0454 e. The maximum absolute atomic E-state index is 6.39. The molecule has 0 aliphatic carbocycles. The van der Waals surface area contributed by atoms with Crippen LogP contribution in [0.15, 0.2) is 42.7 Å². The van der Waals surface area contributed by atoms with Crippen LogP contribution in [0, 0.1) is 0 Å². The molecular formula is C17H20ClN3. The molecule has 1 saturated heterocycles. The highest BCUT2D eigenvalue weighted by molar-refractivity contribution is 6.31. The number of nitrogens with two attached hydrogens (primary N) is 1. The summed E-state index contributed by atoms with van der Waals surface area (Å²) in [6, 6.07) is 10.8. The quantitative estimate of drug-likeness (QED) is 0.939. The van der Waals surface area contributed by atoms with Crippen molar-refractivity contribution in [1.29, 1.82) is 0 Å². The summed E-state index contributed by atoms with van der Waals surface area (Å²) in [5, 5.41) is 0.815. The zero-order chi connectivity index (χ0) is 14.7. The van der Waals surface area contributed by atoms with E-state index in [0.717, 1.165) is 23.7 Å². The van der Waals surface area contributed by atoms with Crippen LogP contribution in [0.2, 0.25) is 5.02 Å². The lowest BCUT2D eigenvalue weighted by atomic mass is 10.1. The molecule has 0 radical (unpaired) electrons. The van der Waals surface area contributed by atoms with E-state index in [9.17, 15) is 0 Å². The fourth-order valence-electron chi connectivity index (χ4n) is 3.03. The zero-order valence-electron chi connectivity index (χ0n) is 12.0. The van der Waals surface area contributed by atoms with Gasteiger partial charge in [0.15, 0.2) is 0 Å². The Hall–Kier alpha value is -1.42. The Kier molecular flexibility index (Phi) is 4.54. The molecular weight excluding hydrogens is 282 g/mol. The first-order valence-electron chi connectivity index (χ1n) is 7.39. The Balaban J connectivity index is 1.78. The number of pyridine rings is 1. The molecule has 0 saturated carbocycles. The fourth-order valence-corrected chi connectivity index (χ4v) is 3.29. The molecule has 4 heteroatoms. The number of hydrogen-bond donors (Lipinski definition) is 1. The normalized spacial score (nSPS) is 19.0. The average Bonchev–Trinajstić information content (AvgIpc) is 2.98. The van der Waals surface area contributed by atoms with Crippen LogP contribution in [0.5, 0.6) is 0 Å². The maximum Gasteiger partial charge on any atom is 0.0454 e. The zero-order valence-corrected chi connectivity index (χ0v) is 12.8. The number of rotatable bonds is 4. The number of nitrogens with zero attached hydrogens (tertiary/aromatic N) is 2. The Morgan fingerprint density at radius 2 is 2.24 bits per heavy atom. The van der Waals surface area contributed by atoms with Gasteiger partial charge < -0.3 is 5.73 Å². The molecule has 1 aliphatic heterocycles. The molecule has 1 aliphatic rings. The predicted octanol–water partition coefficient (Wildman–Crippen LogP) is 3.53. The third-order valence-electron chi connectivity index (χ3n) is 4.16. The minimum absolute atomic E-state index is 0.448. The van der Waals surface area contributed by atoms with E-state index in [1.165, 1.54) is 24.0 Å². The molecule has 1 aromatic heterocycles. The highest BCUT2D eigenvalue weighted by Gasteiger charge is 2.26. The molecule has 1 atom stereocenters. The van der Waals surface area contributed by atoms with Gasteiger partial charge in [0, 0.05) is 36.5 Å². The van der Waals surface area contributed by atoms with Crippen LogP contribution in [0.25, 0.3) is 0 Å². The molecule has 2 N–H and O–H groups in total. The van der Waals surface area contributed by atoms with E-state index < -0.39 is 0 Å². The van der Waals surface area contributed by atoms with Gasteiger partial charge in [-0.25, -0.2) is 0 Å². The summed E-state index contributed by atoms with van der Waals surface area (Å²) < 4.78 is 0. The molecule has 21 heavy (non-hydrogen) atoms. The van der Waals surface area contributed by atoms with E-state index in [1.54, 1.807) is 0 Å². The molecule has 110 valence electrons. The van der Waals surface area contributed by atoms with Gasteiger partial charge in [0.25, 0.3) is 0 Å². The molecule has 3 rings (SSSR count). The van der Waals surface area contributed by atoms with Crippen LogP contribution in [0.1, 0.15) is 35.6 Å². The van der Waals surface area contributed by atoms with Crippen molar-refractivity contribution in [2.45, 2.75) is 32.0 Å². The monoisotopic (exact) mass is 301 g/mol. The Morgan fingerprint density at radius 1 is 1.33 bits per heavy atom. The van der Waals surface area contributed by atoms with Crippen LogP contribution in [-0.4, -0.2) is 16.4 Å². The second-order valence-electron chi connectivity index (χ2n) is 5.54. The fraction of sp³-hybridized carbons (Fsp3) is 0.353. The first-order chi connectivity index (χ1) is 10.3. The van der Waals surface area contributed by atoms with Crippen LogP contribution in [-0.2, 0) is 13.1 Å². The molecule has 0 amide bonds. The van der Waals surface area contributed by atoms with E-state index in [2.05, 4.69) is 28.1 Å². The average molecular weight is 302 g/mol. The van der Waals surface area contributed by atoms with Crippen molar-refractivity contribution < 1.29 is 0 Å². The van der Waals surface area contributed by atoms with Crippen molar-refractivity contribution in [1.82, 2.24) is 9.88 Å². The van der Waals surface area contributed by atoms with Crippen molar-refractivity contribution in [2.75, 3.05) is 6.54 Å². The Labute approximate surface area is 130 Å². The van der Waals surface area contributed by atoms with Crippen molar-refractivity contribution >= 4 is 11.6 Å². The van der Waals surface area contributed by atoms with Gasteiger partial charge >= 0.3 is 0 Å². The molecule has 2 aromatic rings. The molecule has 1 aromatic carbocycles. The molecule has 1 fully saturated rings. The van der Waals surface area contributed by atoms with Gasteiger partial charge in [-0.15, -0.1) is 0 Å². The third kappa shape index (κ3) is 3.26. The SMILES string of the molecule is NCc1ccc(CN2CCCC2c2cccnc2)c(Cl)c1. The van der Waals surface area contributed by atoms with Crippen molar-refractivity contribution in [3.63, 3.8) is 0 Å². The Bertz CT molecular complexity index is 600. The third-order valence-corrected chi connectivity index (χ3v) is 4.51. The number of benzene rings is 1. The lowest BCUT2D eigenvalue weighted by molar-refractivity contribution is 0.248. The lowest BCUT2D eigenvalue weighted by Crippen LogP contribution is -2.23. The van der Waals surface area contributed by atoms with E-state index in [1.807, 2.05) is 24.5 Å². The summed E-state index contributed by atoms with van der Waals surface area (Å²) >= 11 is 6.39. The topological polar surface area (TPSA) is 42.1 Å². The summed E-state index contributed by atoms with van der Waals surface area (Å²) in [6.45, 7) is 2.51. The highest BCUT2D eigenvalue weighted by atomic mass is 35.5. The number of hydrogen-bond acceptors (Lipinski definition) is 3. The summed E-state index contributed by atoms with van der Waals surface area (Å²) in [6.07, 6.45) is 6.20. The van der Waals surface area contributed by atoms with Crippen molar-refractivity contribution in [3.8, 4) is 0 Å². The lowest BCUT2D eigenvalue weighted by Gasteiger charge is -2.25. The molecule has 1 unspecified atom stereocenters. The van der Waals surface area contributed by atoms with Crippen LogP contribution < -0.4 is 5.73 Å². The van der Waals surface area contributed by atoms with Gasteiger partial charge in [-0.3, -0.25) is 9.88 Å². The van der Waals surface area contributed by atoms with Crippen LogP contribution in [0.4, 0.5) is 0 Å². The number of likely N-dealkylation sites (tertiary alicyclic amines) is 1. The van der Waals surface area contributed by atoms with E-state index in [0.29, 0.717) is 12.6 Å². The van der Waals surface area contributed by atoms with Gasteiger partial charge in [-0.05, 0) is 48.2 Å². The summed E-state index contributed by atoms with van der Waals surface area (Å²) in [4.78, 5) is 6.73. The summed E-state index contributed by atoms with van der Waals surface area (Å²) in [7, 11) is 0. The van der Waals surface area contributed by atoms with Gasteiger partial charge in [0.2, 0.25) is 0 Å². The molecule has 0 bridgehead atoms. The van der Waals surface area contributed by atoms with Crippen molar-refractivity contribution in [2.24, 2.45) is 5.73 Å². The number of aromatic nitrogens is 1. The van der Waals surface area contributed by atoms with Gasteiger partial charge in [0.05, 0.1) is 0 Å². The first-order valence-corrected chi connectivity index (χ1v) is 7.77. The van der Waals surface area contributed by atoms with Crippen LogP contribution in [0.3, 0.4) is 0 Å². The van der Waals surface area contributed by atoms with E-state index >= 15 is 0 Å². The molecule has 2 heterocycles. The first kappa shape index (κ1) is 14.5. The second kappa shape index (κ2) is 6.56. The predicted molar refractivity (Wildman–Crippen MR) is 86.0 cm³/mol. The minimum Gasteiger partial charge on any atom is -0.326 e. The standard InChI is InChI=1S/C17H20ClN3/c18-16-9-13(10-19)5-6-15(16)12-21-8-2-4-17(21)14-3-1-7-20-11-14/h1,3,5-7,9,11,17H,2,4,8,10,12,19H2. The largest absolute Gasteiger partial charge is 0.326 e. The van der Waals surface area contributed by atoms with Crippen molar-refractivity contribution in [3.05, 3.63) is 64.4 Å². The van der Waals surface area contributed by atoms with E-state index in [-0.39, 0.29) is 0 Å². The van der Waals surface area contributed by atoms with Crippen LogP contribution >= 0.6 is 11.6 Å². The second-order valence-corrected chi connectivity index (χ2v) is 5.95. The molecule has 0 spiro atoms. The summed E-state index contributed by atoms with van der Waals surface area (Å²) in [5.74, 6) is 0. The van der Waals surface area contributed by atoms with Gasteiger partial charge in [-0.1, -0.05) is 29.8 Å². The minimum atomic E-state index is 0.448. The van der Waals surface area contributed by atoms with Gasteiger partial charge in [-0.2, -0.15) is 0 Å². The Morgan fingerprint density at radius 3 is 2.95 bits per heavy atom. The van der Waals surface area contributed by atoms with Gasteiger partial charge in [0.1, 0.15) is 0 Å². The molecule has 3 nitrogen and oxygen atoms in total.